The molecule has 1 nitrogen and oxygen atoms in total. The normalized spacial score (nSPS) is 10.7. The summed E-state index contributed by atoms with van der Waals surface area (Å²) in [4.78, 5) is 0. The van der Waals surface area contributed by atoms with Crippen LogP contribution in [0.25, 0.3) is 0 Å². The molecule has 0 aliphatic carbocycles. The lowest BCUT2D eigenvalue weighted by Crippen LogP contribution is -2.14. The van der Waals surface area contributed by atoms with E-state index in [-0.39, 0.29) is 0 Å². The Bertz CT molecular complexity index is 511. The first kappa shape index (κ1) is 14.1. The molecule has 100 valence electrons. The molecule has 0 aliphatic rings. The first-order valence-corrected chi connectivity index (χ1v) is 7.13. The fourth-order valence-corrected chi connectivity index (χ4v) is 2.38. The van der Waals surface area contributed by atoms with E-state index in [9.17, 15) is 0 Å². The fraction of sp³-hybridized carbons (Fsp3) is 0.294. The number of aryl methyl sites for hydroxylation is 2. The smallest absolute Gasteiger partial charge is 0.0474 e. The second-order valence-corrected chi connectivity index (χ2v) is 5.19. The summed E-state index contributed by atoms with van der Waals surface area (Å²) in [5.41, 5.74) is 6.56. The first-order valence-electron chi connectivity index (χ1n) is 6.60. The summed E-state index contributed by atoms with van der Waals surface area (Å²) in [6, 6.07) is 14.9. The highest BCUT2D eigenvalue weighted by Gasteiger charge is 2.01. The van der Waals surface area contributed by atoms with Gasteiger partial charge in [0.05, 0.1) is 0 Å². The molecule has 0 saturated heterocycles. The molecule has 2 rings (SSSR count). The summed E-state index contributed by atoms with van der Waals surface area (Å²) < 4.78 is 0. The molecule has 0 aromatic heterocycles. The van der Waals surface area contributed by atoms with Crippen LogP contribution in [-0.2, 0) is 19.0 Å². The third-order valence-corrected chi connectivity index (χ3v) is 3.76. The van der Waals surface area contributed by atoms with Gasteiger partial charge in [-0.3, -0.25) is 0 Å². The third-order valence-electron chi connectivity index (χ3n) is 3.45. The lowest BCUT2D eigenvalue weighted by Gasteiger charge is -2.11. The maximum absolute atomic E-state index is 5.78. The number of rotatable bonds is 5. The van der Waals surface area contributed by atoms with Crippen LogP contribution in [-0.4, -0.2) is 0 Å². The lowest BCUT2D eigenvalue weighted by molar-refractivity contribution is 0.687. The topological polar surface area (TPSA) is 12.0 Å². The third kappa shape index (κ3) is 3.82. The van der Waals surface area contributed by atoms with E-state index in [1.54, 1.807) is 0 Å². The van der Waals surface area contributed by atoms with E-state index in [1.807, 2.05) is 0 Å². The maximum atomic E-state index is 5.78. The first-order chi connectivity index (χ1) is 9.20. The minimum absolute atomic E-state index is 0.579. The number of halogens is 1. The van der Waals surface area contributed by atoms with E-state index < -0.39 is 0 Å². The predicted molar refractivity (Wildman–Crippen MR) is 82.5 cm³/mol. The van der Waals surface area contributed by atoms with Gasteiger partial charge in [-0.15, -0.1) is 11.6 Å². The lowest BCUT2D eigenvalue weighted by atomic mass is 10.0. The van der Waals surface area contributed by atoms with E-state index in [0.29, 0.717) is 5.88 Å². The minimum atomic E-state index is 0.579. The van der Waals surface area contributed by atoms with Crippen molar-refractivity contribution in [1.29, 1.82) is 0 Å². The minimum Gasteiger partial charge on any atom is -0.309 e. The van der Waals surface area contributed by atoms with Crippen molar-refractivity contribution in [1.82, 2.24) is 5.32 Å². The largest absolute Gasteiger partial charge is 0.309 e. The fourth-order valence-electron chi connectivity index (χ4n) is 2.21. The highest BCUT2D eigenvalue weighted by atomic mass is 35.5. The molecular weight excluding hydrogens is 254 g/mol. The van der Waals surface area contributed by atoms with Gasteiger partial charge in [0.15, 0.2) is 0 Å². The average Bonchev–Trinajstić information content (AvgIpc) is 2.43. The molecule has 2 heteroatoms. The van der Waals surface area contributed by atoms with Crippen molar-refractivity contribution in [2.45, 2.75) is 32.8 Å². The van der Waals surface area contributed by atoms with Gasteiger partial charge in [0, 0.05) is 19.0 Å². The van der Waals surface area contributed by atoms with Crippen molar-refractivity contribution < 1.29 is 0 Å². The molecule has 2 aromatic carbocycles. The van der Waals surface area contributed by atoms with Gasteiger partial charge in [0.1, 0.15) is 0 Å². The van der Waals surface area contributed by atoms with Gasteiger partial charge < -0.3 is 5.32 Å². The van der Waals surface area contributed by atoms with Crippen molar-refractivity contribution in [3.05, 3.63) is 70.3 Å². The molecule has 0 heterocycles. The van der Waals surface area contributed by atoms with E-state index >= 15 is 0 Å². The zero-order valence-corrected chi connectivity index (χ0v) is 12.3. The maximum Gasteiger partial charge on any atom is 0.0474 e. The standard InChI is InChI=1S/C17H20ClN/c1-13-4-3-5-14(2)17(13)12-19-11-16-8-6-15(10-18)7-9-16/h3-9,19H,10-12H2,1-2H3. The Hall–Kier alpha value is -1.31. The highest BCUT2D eigenvalue weighted by Crippen LogP contribution is 2.13. The molecule has 0 atom stereocenters. The van der Waals surface area contributed by atoms with E-state index in [4.69, 9.17) is 11.6 Å². The van der Waals surface area contributed by atoms with Crippen molar-refractivity contribution in [3.8, 4) is 0 Å². The Kier molecular flexibility index (Phi) is 5.00. The zero-order valence-electron chi connectivity index (χ0n) is 11.5. The summed E-state index contributed by atoms with van der Waals surface area (Å²) in [5.74, 6) is 0.579. The number of nitrogens with one attached hydrogen (secondary N) is 1. The Morgan fingerprint density at radius 2 is 1.42 bits per heavy atom. The van der Waals surface area contributed by atoms with Crippen LogP contribution in [0, 0.1) is 13.8 Å². The summed E-state index contributed by atoms with van der Waals surface area (Å²) in [7, 11) is 0. The van der Waals surface area contributed by atoms with Gasteiger partial charge in [-0.1, -0.05) is 42.5 Å². The summed E-state index contributed by atoms with van der Waals surface area (Å²) in [5, 5.41) is 3.50. The molecule has 2 aromatic rings. The van der Waals surface area contributed by atoms with Crippen molar-refractivity contribution in [2.24, 2.45) is 0 Å². The van der Waals surface area contributed by atoms with Crippen LogP contribution in [0.4, 0.5) is 0 Å². The van der Waals surface area contributed by atoms with E-state index in [2.05, 4.69) is 61.6 Å². The molecule has 0 spiro atoms. The Labute approximate surface area is 120 Å². The van der Waals surface area contributed by atoms with Crippen LogP contribution in [0.5, 0.6) is 0 Å². The molecule has 0 radical (unpaired) electrons. The molecular formula is C17H20ClN. The van der Waals surface area contributed by atoms with E-state index in [1.165, 1.54) is 27.8 Å². The molecule has 1 N–H and O–H groups in total. The van der Waals surface area contributed by atoms with Gasteiger partial charge in [-0.2, -0.15) is 0 Å². The number of benzene rings is 2. The van der Waals surface area contributed by atoms with E-state index in [0.717, 1.165) is 13.1 Å². The van der Waals surface area contributed by atoms with Gasteiger partial charge in [-0.05, 0) is 41.7 Å². The second-order valence-electron chi connectivity index (χ2n) is 4.92. The highest BCUT2D eigenvalue weighted by molar-refractivity contribution is 6.17. The van der Waals surface area contributed by atoms with Crippen LogP contribution >= 0.6 is 11.6 Å². The van der Waals surface area contributed by atoms with Crippen LogP contribution in [0.15, 0.2) is 42.5 Å². The Morgan fingerprint density at radius 1 is 0.842 bits per heavy atom. The SMILES string of the molecule is Cc1cccc(C)c1CNCc1ccc(CCl)cc1. The van der Waals surface area contributed by atoms with Crippen molar-refractivity contribution >= 4 is 11.6 Å². The molecule has 0 amide bonds. The predicted octanol–water partition coefficient (Wildman–Crippen LogP) is 4.33. The van der Waals surface area contributed by atoms with Gasteiger partial charge in [0.2, 0.25) is 0 Å². The van der Waals surface area contributed by atoms with Crippen LogP contribution in [0.1, 0.15) is 27.8 Å². The quantitative estimate of drug-likeness (QED) is 0.800. The van der Waals surface area contributed by atoms with Crippen molar-refractivity contribution in [3.63, 3.8) is 0 Å². The van der Waals surface area contributed by atoms with Crippen LogP contribution < -0.4 is 5.32 Å². The van der Waals surface area contributed by atoms with Crippen molar-refractivity contribution in [2.75, 3.05) is 0 Å². The van der Waals surface area contributed by atoms with Crippen LogP contribution in [0.3, 0.4) is 0 Å². The molecule has 0 aliphatic heterocycles. The summed E-state index contributed by atoms with van der Waals surface area (Å²) in [6.07, 6.45) is 0. The second kappa shape index (κ2) is 6.74. The molecule has 0 saturated carbocycles. The average molecular weight is 274 g/mol. The number of alkyl halides is 1. The molecule has 0 unspecified atom stereocenters. The zero-order chi connectivity index (χ0) is 13.7. The summed E-state index contributed by atoms with van der Waals surface area (Å²) >= 11 is 5.78. The molecule has 19 heavy (non-hydrogen) atoms. The summed E-state index contributed by atoms with van der Waals surface area (Å²) in [6.45, 7) is 6.13. The van der Waals surface area contributed by atoms with Gasteiger partial charge in [0.25, 0.3) is 0 Å². The Morgan fingerprint density at radius 3 is 2.00 bits per heavy atom. The monoisotopic (exact) mass is 273 g/mol. The Balaban J connectivity index is 1.92. The van der Waals surface area contributed by atoms with Gasteiger partial charge in [-0.25, -0.2) is 0 Å². The molecule has 0 bridgehead atoms. The van der Waals surface area contributed by atoms with Crippen LogP contribution in [0.2, 0.25) is 0 Å². The number of hydrogen-bond acceptors (Lipinski definition) is 1. The van der Waals surface area contributed by atoms with Gasteiger partial charge >= 0.3 is 0 Å². The number of hydrogen-bond donors (Lipinski definition) is 1. The molecule has 0 fully saturated rings.